The molecule has 0 heterocycles. The SMILES string of the molecule is CCCCNC(=O)c1ccc(NC(=O)c2ccccc2OCCOCC)cc1. The molecule has 28 heavy (non-hydrogen) atoms. The third-order valence-corrected chi connectivity index (χ3v) is 4.04. The Morgan fingerprint density at radius 1 is 0.929 bits per heavy atom. The van der Waals surface area contributed by atoms with Gasteiger partial charge in [-0.15, -0.1) is 0 Å². The van der Waals surface area contributed by atoms with Gasteiger partial charge in [-0.1, -0.05) is 25.5 Å². The van der Waals surface area contributed by atoms with Gasteiger partial charge in [0.05, 0.1) is 12.2 Å². The van der Waals surface area contributed by atoms with Crippen molar-refractivity contribution in [3.63, 3.8) is 0 Å². The Morgan fingerprint density at radius 2 is 1.68 bits per heavy atom. The average Bonchev–Trinajstić information content (AvgIpc) is 2.72. The molecule has 0 saturated carbocycles. The summed E-state index contributed by atoms with van der Waals surface area (Å²) in [7, 11) is 0. The van der Waals surface area contributed by atoms with Crippen LogP contribution >= 0.6 is 0 Å². The number of unbranched alkanes of at least 4 members (excludes halogenated alkanes) is 1. The Hall–Kier alpha value is -2.86. The average molecular weight is 384 g/mol. The normalized spacial score (nSPS) is 10.4. The molecule has 2 rings (SSSR count). The number of ether oxygens (including phenoxy) is 2. The summed E-state index contributed by atoms with van der Waals surface area (Å²) in [6.07, 6.45) is 1.98. The topological polar surface area (TPSA) is 76.7 Å². The van der Waals surface area contributed by atoms with Gasteiger partial charge in [0.25, 0.3) is 11.8 Å². The van der Waals surface area contributed by atoms with Crippen LogP contribution < -0.4 is 15.4 Å². The Bertz CT molecular complexity index is 759. The van der Waals surface area contributed by atoms with Gasteiger partial charge in [0.1, 0.15) is 12.4 Å². The van der Waals surface area contributed by atoms with Crippen LogP contribution in [0.4, 0.5) is 5.69 Å². The Kier molecular flexibility index (Phi) is 9.01. The first kappa shape index (κ1) is 21.4. The summed E-state index contributed by atoms with van der Waals surface area (Å²) in [5, 5.41) is 5.71. The Balaban J connectivity index is 1.96. The summed E-state index contributed by atoms with van der Waals surface area (Å²) < 4.78 is 10.9. The van der Waals surface area contributed by atoms with E-state index in [0.29, 0.717) is 48.9 Å². The van der Waals surface area contributed by atoms with Crippen molar-refractivity contribution in [2.75, 3.05) is 31.7 Å². The molecule has 2 N–H and O–H groups in total. The number of carbonyl (C=O) groups is 2. The fourth-order valence-electron chi connectivity index (χ4n) is 2.52. The van der Waals surface area contributed by atoms with Gasteiger partial charge in [0, 0.05) is 24.4 Å². The van der Waals surface area contributed by atoms with E-state index in [1.54, 1.807) is 42.5 Å². The third-order valence-electron chi connectivity index (χ3n) is 4.04. The molecular weight excluding hydrogens is 356 g/mol. The number of amides is 2. The first-order valence-electron chi connectivity index (χ1n) is 9.64. The molecule has 0 saturated heterocycles. The predicted octanol–water partition coefficient (Wildman–Crippen LogP) is 3.88. The summed E-state index contributed by atoms with van der Waals surface area (Å²) in [6, 6.07) is 13.9. The van der Waals surface area contributed by atoms with Crippen LogP contribution in [0.1, 0.15) is 47.4 Å². The van der Waals surface area contributed by atoms with Crippen LogP contribution in [0.5, 0.6) is 5.75 Å². The lowest BCUT2D eigenvalue weighted by Gasteiger charge is -2.12. The molecule has 0 aliphatic rings. The summed E-state index contributed by atoms with van der Waals surface area (Å²) in [4.78, 5) is 24.7. The van der Waals surface area contributed by atoms with Crippen molar-refractivity contribution in [3.05, 3.63) is 59.7 Å². The van der Waals surface area contributed by atoms with Gasteiger partial charge in [-0.2, -0.15) is 0 Å². The van der Waals surface area contributed by atoms with Crippen LogP contribution in [-0.4, -0.2) is 38.2 Å². The van der Waals surface area contributed by atoms with E-state index in [0.717, 1.165) is 12.8 Å². The maximum atomic E-state index is 12.6. The van der Waals surface area contributed by atoms with Gasteiger partial charge in [-0.05, 0) is 49.7 Å². The van der Waals surface area contributed by atoms with E-state index in [9.17, 15) is 9.59 Å². The molecule has 6 nitrogen and oxygen atoms in total. The first-order valence-corrected chi connectivity index (χ1v) is 9.64. The molecule has 0 unspecified atom stereocenters. The minimum Gasteiger partial charge on any atom is -0.490 e. The summed E-state index contributed by atoms with van der Waals surface area (Å²) >= 11 is 0. The predicted molar refractivity (Wildman–Crippen MR) is 110 cm³/mol. The first-order chi connectivity index (χ1) is 13.7. The lowest BCUT2D eigenvalue weighted by Crippen LogP contribution is -2.24. The summed E-state index contributed by atoms with van der Waals surface area (Å²) in [5.41, 5.74) is 1.62. The van der Waals surface area contributed by atoms with Crippen molar-refractivity contribution < 1.29 is 19.1 Å². The number of benzene rings is 2. The van der Waals surface area contributed by atoms with Gasteiger partial charge in [0.15, 0.2) is 0 Å². The van der Waals surface area contributed by atoms with Gasteiger partial charge in [-0.3, -0.25) is 9.59 Å². The van der Waals surface area contributed by atoms with Crippen LogP contribution in [-0.2, 0) is 4.74 Å². The molecule has 0 aliphatic heterocycles. The molecule has 6 heteroatoms. The van der Waals surface area contributed by atoms with Crippen molar-refractivity contribution in [1.82, 2.24) is 5.32 Å². The van der Waals surface area contributed by atoms with Gasteiger partial charge < -0.3 is 20.1 Å². The van der Waals surface area contributed by atoms with Crippen LogP contribution in [0.15, 0.2) is 48.5 Å². The smallest absolute Gasteiger partial charge is 0.259 e. The number of hydrogen-bond acceptors (Lipinski definition) is 4. The molecule has 0 aromatic heterocycles. The zero-order valence-electron chi connectivity index (χ0n) is 16.5. The van der Waals surface area contributed by atoms with Crippen molar-refractivity contribution in [2.24, 2.45) is 0 Å². The van der Waals surface area contributed by atoms with E-state index in [-0.39, 0.29) is 11.8 Å². The van der Waals surface area contributed by atoms with Crippen molar-refractivity contribution in [2.45, 2.75) is 26.7 Å². The highest BCUT2D eigenvalue weighted by molar-refractivity contribution is 6.06. The number of anilines is 1. The maximum Gasteiger partial charge on any atom is 0.259 e. The molecule has 2 amide bonds. The van der Waals surface area contributed by atoms with Crippen LogP contribution in [0, 0.1) is 0 Å². The van der Waals surface area contributed by atoms with E-state index in [1.165, 1.54) is 0 Å². The molecule has 0 spiro atoms. The highest BCUT2D eigenvalue weighted by Crippen LogP contribution is 2.20. The molecule has 0 bridgehead atoms. The van der Waals surface area contributed by atoms with E-state index in [2.05, 4.69) is 17.6 Å². The number of carbonyl (C=O) groups excluding carboxylic acids is 2. The van der Waals surface area contributed by atoms with E-state index in [4.69, 9.17) is 9.47 Å². The molecule has 0 radical (unpaired) electrons. The minimum absolute atomic E-state index is 0.112. The number of nitrogens with one attached hydrogen (secondary N) is 2. The maximum absolute atomic E-state index is 12.6. The van der Waals surface area contributed by atoms with Gasteiger partial charge in [0.2, 0.25) is 0 Å². The fraction of sp³-hybridized carbons (Fsp3) is 0.364. The molecule has 2 aromatic carbocycles. The lowest BCUT2D eigenvalue weighted by molar-refractivity contribution is 0.0952. The largest absolute Gasteiger partial charge is 0.490 e. The van der Waals surface area contributed by atoms with Crippen LogP contribution in [0.25, 0.3) is 0 Å². The Labute approximate surface area is 166 Å². The zero-order valence-corrected chi connectivity index (χ0v) is 16.5. The quantitative estimate of drug-likeness (QED) is 0.577. The van der Waals surface area contributed by atoms with Crippen molar-refractivity contribution in [1.29, 1.82) is 0 Å². The second-order valence-electron chi connectivity index (χ2n) is 6.18. The van der Waals surface area contributed by atoms with Crippen LogP contribution in [0.2, 0.25) is 0 Å². The fourth-order valence-corrected chi connectivity index (χ4v) is 2.52. The highest BCUT2D eigenvalue weighted by Gasteiger charge is 2.13. The molecule has 0 atom stereocenters. The standard InChI is InChI=1S/C22H28N2O4/c1-3-5-14-23-21(25)17-10-12-18(13-11-17)24-22(26)19-8-6-7-9-20(19)28-16-15-27-4-2/h6-13H,3-5,14-16H2,1-2H3,(H,23,25)(H,24,26). The summed E-state index contributed by atoms with van der Waals surface area (Å²) in [6.45, 7) is 6.12. The van der Waals surface area contributed by atoms with Gasteiger partial charge in [-0.25, -0.2) is 0 Å². The third kappa shape index (κ3) is 6.70. The van der Waals surface area contributed by atoms with E-state index in [1.807, 2.05) is 13.0 Å². The second-order valence-corrected chi connectivity index (χ2v) is 6.18. The van der Waals surface area contributed by atoms with Crippen molar-refractivity contribution in [3.8, 4) is 5.75 Å². The summed E-state index contributed by atoms with van der Waals surface area (Å²) in [5.74, 6) is 0.123. The Morgan fingerprint density at radius 3 is 2.39 bits per heavy atom. The lowest BCUT2D eigenvalue weighted by atomic mass is 10.1. The second kappa shape index (κ2) is 11.8. The minimum atomic E-state index is -0.271. The van der Waals surface area contributed by atoms with Gasteiger partial charge >= 0.3 is 0 Å². The molecular formula is C22H28N2O4. The molecule has 2 aromatic rings. The van der Waals surface area contributed by atoms with Crippen molar-refractivity contribution >= 4 is 17.5 Å². The number of rotatable bonds is 11. The van der Waals surface area contributed by atoms with E-state index >= 15 is 0 Å². The number of para-hydroxylation sites is 1. The van der Waals surface area contributed by atoms with Crippen LogP contribution in [0.3, 0.4) is 0 Å². The molecule has 0 aliphatic carbocycles. The monoisotopic (exact) mass is 384 g/mol. The highest BCUT2D eigenvalue weighted by atomic mass is 16.5. The molecule has 150 valence electrons. The zero-order chi connectivity index (χ0) is 20.2. The number of hydrogen-bond donors (Lipinski definition) is 2. The van der Waals surface area contributed by atoms with E-state index < -0.39 is 0 Å². The molecule has 0 fully saturated rings.